The minimum absolute atomic E-state index is 0.345. The molecule has 1 aromatic rings. The molecule has 0 spiro atoms. The van der Waals surface area contributed by atoms with Crippen molar-refractivity contribution in [3.63, 3.8) is 0 Å². The second kappa shape index (κ2) is 4.15. The molecule has 0 atom stereocenters. The summed E-state index contributed by atoms with van der Waals surface area (Å²) in [5.74, 6) is 5.32. The number of nitrogens with one attached hydrogen (secondary N) is 1. The SMILES string of the molecule is C1CNn2c(nnc2C23CC4CC(CC(C4)C2)C3)SC1. The molecule has 4 aliphatic carbocycles. The zero-order chi connectivity index (χ0) is 13.2. The Morgan fingerprint density at radius 3 is 2.45 bits per heavy atom. The van der Waals surface area contributed by atoms with Gasteiger partial charge in [-0.05, 0) is 62.7 Å². The second-order valence-corrected chi connectivity index (χ2v) is 8.51. The fourth-order valence-corrected chi connectivity index (χ4v) is 6.51. The van der Waals surface area contributed by atoms with Crippen LogP contribution in [-0.2, 0) is 5.41 Å². The predicted octanol–water partition coefficient (Wildman–Crippen LogP) is 2.79. The molecule has 4 nitrogen and oxygen atoms in total. The van der Waals surface area contributed by atoms with Gasteiger partial charge in [-0.25, -0.2) is 4.68 Å². The molecule has 1 aliphatic heterocycles. The highest BCUT2D eigenvalue weighted by molar-refractivity contribution is 7.99. The first-order valence-electron chi connectivity index (χ1n) is 8.15. The van der Waals surface area contributed by atoms with E-state index in [1.54, 1.807) is 0 Å². The number of nitrogens with zero attached hydrogens (tertiary/aromatic N) is 3. The number of hydrogen-bond donors (Lipinski definition) is 1. The second-order valence-electron chi connectivity index (χ2n) is 7.45. The van der Waals surface area contributed by atoms with Crippen LogP contribution in [0.3, 0.4) is 0 Å². The van der Waals surface area contributed by atoms with Gasteiger partial charge in [-0.1, -0.05) is 11.8 Å². The van der Waals surface area contributed by atoms with Crippen molar-refractivity contribution in [2.24, 2.45) is 17.8 Å². The molecule has 0 unspecified atom stereocenters. The average Bonchev–Trinajstić information content (AvgIpc) is 2.68. The molecule has 1 aromatic heterocycles. The zero-order valence-electron chi connectivity index (χ0n) is 11.8. The largest absolute Gasteiger partial charge is 0.322 e. The average molecular weight is 290 g/mol. The van der Waals surface area contributed by atoms with Crippen molar-refractivity contribution in [2.75, 3.05) is 17.7 Å². The van der Waals surface area contributed by atoms with Gasteiger partial charge in [-0.15, -0.1) is 10.2 Å². The van der Waals surface area contributed by atoms with Gasteiger partial charge in [0, 0.05) is 17.7 Å². The Hall–Kier alpha value is -0.710. The quantitative estimate of drug-likeness (QED) is 0.863. The summed E-state index contributed by atoms with van der Waals surface area (Å²) in [6.07, 6.45) is 9.78. The van der Waals surface area contributed by atoms with Crippen LogP contribution in [0.1, 0.15) is 50.8 Å². The molecule has 1 N–H and O–H groups in total. The molecule has 5 heteroatoms. The smallest absolute Gasteiger partial charge is 0.209 e. The zero-order valence-corrected chi connectivity index (χ0v) is 12.7. The van der Waals surface area contributed by atoms with Crippen molar-refractivity contribution in [1.29, 1.82) is 0 Å². The van der Waals surface area contributed by atoms with Gasteiger partial charge in [0.1, 0.15) is 0 Å². The van der Waals surface area contributed by atoms with Gasteiger partial charge in [0.15, 0.2) is 5.82 Å². The van der Waals surface area contributed by atoms with Gasteiger partial charge >= 0.3 is 0 Å². The topological polar surface area (TPSA) is 42.7 Å². The molecule has 6 rings (SSSR count). The lowest BCUT2D eigenvalue weighted by atomic mass is 9.49. The first kappa shape index (κ1) is 11.9. The third kappa shape index (κ3) is 1.62. The van der Waals surface area contributed by atoms with Crippen molar-refractivity contribution in [3.8, 4) is 0 Å². The standard InChI is InChI=1S/C15H22N4S/c1-2-16-19-13(17-18-14(19)20-3-1)15-7-10-4-11(8-15)6-12(5-10)9-15/h10-12,16H,1-9H2. The van der Waals surface area contributed by atoms with Crippen molar-refractivity contribution >= 4 is 11.8 Å². The predicted molar refractivity (Wildman–Crippen MR) is 79.4 cm³/mol. The van der Waals surface area contributed by atoms with Crippen LogP contribution in [0.2, 0.25) is 0 Å². The van der Waals surface area contributed by atoms with E-state index in [4.69, 9.17) is 0 Å². The van der Waals surface area contributed by atoms with Crippen LogP contribution in [0.25, 0.3) is 0 Å². The van der Waals surface area contributed by atoms with Crippen LogP contribution in [0.4, 0.5) is 0 Å². The highest BCUT2D eigenvalue weighted by Crippen LogP contribution is 2.60. The summed E-state index contributed by atoms with van der Waals surface area (Å²) in [7, 11) is 0. The monoisotopic (exact) mass is 290 g/mol. The fourth-order valence-electron chi connectivity index (χ4n) is 5.66. The minimum Gasteiger partial charge on any atom is -0.322 e. The molecule has 5 aliphatic rings. The van der Waals surface area contributed by atoms with Gasteiger partial charge in [0.2, 0.25) is 5.16 Å². The Morgan fingerprint density at radius 2 is 1.75 bits per heavy atom. The Labute approximate surface area is 124 Å². The molecule has 2 heterocycles. The number of thioether (sulfide) groups is 1. The number of aromatic nitrogens is 3. The van der Waals surface area contributed by atoms with Crippen molar-refractivity contribution in [2.45, 2.75) is 55.5 Å². The molecule has 0 saturated heterocycles. The molecular weight excluding hydrogens is 268 g/mol. The number of fused-ring (bicyclic) bond motifs is 1. The van der Waals surface area contributed by atoms with Crippen molar-refractivity contribution < 1.29 is 0 Å². The van der Waals surface area contributed by atoms with Gasteiger partial charge in [0.05, 0.1) is 0 Å². The molecule has 0 aromatic carbocycles. The van der Waals surface area contributed by atoms with E-state index in [1.165, 1.54) is 50.8 Å². The first-order chi connectivity index (χ1) is 9.82. The molecule has 108 valence electrons. The van der Waals surface area contributed by atoms with Crippen LogP contribution in [0.5, 0.6) is 0 Å². The maximum atomic E-state index is 4.66. The van der Waals surface area contributed by atoms with Crippen LogP contribution >= 0.6 is 11.8 Å². The summed E-state index contributed by atoms with van der Waals surface area (Å²) in [5, 5.41) is 10.2. The Bertz CT molecular complexity index is 503. The molecule has 4 bridgehead atoms. The molecular formula is C15H22N4S. The summed E-state index contributed by atoms with van der Waals surface area (Å²) in [6, 6.07) is 0. The molecule has 4 saturated carbocycles. The maximum Gasteiger partial charge on any atom is 0.209 e. The number of rotatable bonds is 1. The highest BCUT2D eigenvalue weighted by Gasteiger charge is 2.54. The van der Waals surface area contributed by atoms with Crippen LogP contribution in [-0.4, -0.2) is 27.2 Å². The van der Waals surface area contributed by atoms with Gasteiger partial charge in [-0.2, -0.15) is 0 Å². The normalized spacial score (nSPS) is 42.1. The molecule has 0 radical (unpaired) electrons. The lowest BCUT2D eigenvalue weighted by Crippen LogP contribution is -2.50. The van der Waals surface area contributed by atoms with Crippen molar-refractivity contribution in [3.05, 3.63) is 5.82 Å². The Kier molecular flexibility index (Phi) is 2.47. The van der Waals surface area contributed by atoms with Gasteiger partial charge in [0.25, 0.3) is 0 Å². The third-order valence-corrected chi connectivity index (χ3v) is 6.98. The van der Waals surface area contributed by atoms with Crippen LogP contribution in [0.15, 0.2) is 5.16 Å². The van der Waals surface area contributed by atoms with E-state index >= 15 is 0 Å². The van der Waals surface area contributed by atoms with E-state index in [0.717, 1.165) is 35.2 Å². The maximum absolute atomic E-state index is 4.66. The third-order valence-electron chi connectivity index (χ3n) is 5.97. The summed E-state index contributed by atoms with van der Waals surface area (Å²) in [5.41, 5.74) is 3.91. The minimum atomic E-state index is 0.345. The molecule has 4 fully saturated rings. The van der Waals surface area contributed by atoms with E-state index in [1.807, 2.05) is 11.8 Å². The lowest BCUT2D eigenvalue weighted by molar-refractivity contribution is -0.0108. The molecule has 20 heavy (non-hydrogen) atoms. The highest BCUT2D eigenvalue weighted by atomic mass is 32.2. The van der Waals surface area contributed by atoms with E-state index < -0.39 is 0 Å². The van der Waals surface area contributed by atoms with E-state index in [-0.39, 0.29) is 0 Å². The van der Waals surface area contributed by atoms with E-state index in [0.29, 0.717) is 5.41 Å². The lowest BCUT2D eigenvalue weighted by Gasteiger charge is -2.56. The van der Waals surface area contributed by atoms with Gasteiger partial charge < -0.3 is 5.43 Å². The Balaban J connectivity index is 1.58. The summed E-state index contributed by atoms with van der Waals surface area (Å²) < 4.78 is 2.25. The fraction of sp³-hybridized carbons (Fsp3) is 0.867. The molecule has 0 amide bonds. The van der Waals surface area contributed by atoms with Gasteiger partial charge in [-0.3, -0.25) is 0 Å². The summed E-state index contributed by atoms with van der Waals surface area (Å²) in [6.45, 7) is 1.05. The van der Waals surface area contributed by atoms with E-state index in [9.17, 15) is 0 Å². The Morgan fingerprint density at radius 1 is 1.05 bits per heavy atom. The van der Waals surface area contributed by atoms with Crippen LogP contribution < -0.4 is 5.43 Å². The van der Waals surface area contributed by atoms with Crippen molar-refractivity contribution in [1.82, 2.24) is 14.9 Å². The number of hydrogen-bond acceptors (Lipinski definition) is 4. The van der Waals surface area contributed by atoms with Crippen LogP contribution in [0, 0.1) is 17.8 Å². The van der Waals surface area contributed by atoms with E-state index in [2.05, 4.69) is 20.3 Å². The first-order valence-corrected chi connectivity index (χ1v) is 9.13. The summed E-state index contributed by atoms with van der Waals surface area (Å²) in [4.78, 5) is 0. The summed E-state index contributed by atoms with van der Waals surface area (Å²) >= 11 is 1.86.